The number of para-hydroxylation sites is 3. The molecule has 252 valence electrons. The smallest absolute Gasteiger partial charge is 0.326 e. The summed E-state index contributed by atoms with van der Waals surface area (Å²) in [4.78, 5) is 48.7. The number of benzene rings is 4. The molecule has 0 aliphatic carbocycles. The predicted molar refractivity (Wildman–Crippen MR) is 193 cm³/mol. The van der Waals surface area contributed by atoms with Crippen LogP contribution in [-0.2, 0) is 28.9 Å². The van der Waals surface area contributed by atoms with Gasteiger partial charge in [0.1, 0.15) is 11.8 Å². The van der Waals surface area contributed by atoms with Crippen molar-refractivity contribution in [2.24, 2.45) is 5.73 Å². The number of hydrogen-bond donors (Lipinski definition) is 7. The van der Waals surface area contributed by atoms with Crippen LogP contribution in [0.5, 0.6) is 5.75 Å². The number of amides is 2. The van der Waals surface area contributed by atoms with Crippen molar-refractivity contribution >= 4 is 56.2 Å². The lowest BCUT2D eigenvalue weighted by molar-refractivity contribution is -0.139. The Balaban J connectivity index is 1.10. The zero-order valence-corrected chi connectivity index (χ0v) is 27.0. The van der Waals surface area contributed by atoms with Crippen molar-refractivity contribution in [3.05, 3.63) is 132 Å². The molecule has 8 N–H and O–H groups in total. The maximum atomic E-state index is 13.5. The largest absolute Gasteiger partial charge is 0.491 e. The van der Waals surface area contributed by atoms with Crippen molar-refractivity contribution in [1.29, 1.82) is 0 Å². The van der Waals surface area contributed by atoms with Gasteiger partial charge < -0.3 is 41.2 Å². The third-order valence-electron chi connectivity index (χ3n) is 8.96. The fourth-order valence-corrected chi connectivity index (χ4v) is 6.31. The molecule has 0 aliphatic heterocycles. The number of rotatable bonds is 13. The number of anilines is 1. The molecule has 0 radical (unpaired) electrons. The molecule has 0 aliphatic rings. The Morgan fingerprint density at radius 3 is 1.86 bits per heavy atom. The fraction of sp³-hybridized carbons (Fsp3) is 0.154. The molecule has 2 atom stereocenters. The van der Waals surface area contributed by atoms with E-state index in [2.05, 4.69) is 25.6 Å². The number of aromatic nitrogens is 3. The molecule has 7 rings (SSSR count). The summed E-state index contributed by atoms with van der Waals surface area (Å²) >= 11 is 0. The molecule has 11 nitrogen and oxygen atoms in total. The lowest BCUT2D eigenvalue weighted by atomic mass is 10.0. The molecule has 0 spiro atoms. The van der Waals surface area contributed by atoms with Crippen LogP contribution in [0.2, 0.25) is 0 Å². The van der Waals surface area contributed by atoms with E-state index in [1.54, 1.807) is 12.3 Å². The Morgan fingerprint density at radius 1 is 0.720 bits per heavy atom. The SMILES string of the molecule is N[C@@H](Cc1c[nH]c2ccccc12)C(=O)Nc1ccc(C(=O)N[C@@H](Cc2c[nH]c3ccccc23)C(=O)O)cc1OCCc1c[nH]c2ccccc12. The molecule has 0 saturated heterocycles. The van der Waals surface area contributed by atoms with Crippen molar-refractivity contribution in [2.45, 2.75) is 31.3 Å². The van der Waals surface area contributed by atoms with Crippen LogP contribution >= 0.6 is 0 Å². The van der Waals surface area contributed by atoms with Crippen LogP contribution in [0.4, 0.5) is 5.69 Å². The van der Waals surface area contributed by atoms with Gasteiger partial charge in [-0.3, -0.25) is 9.59 Å². The number of aromatic amines is 3. The van der Waals surface area contributed by atoms with Gasteiger partial charge in [0.15, 0.2) is 0 Å². The number of fused-ring (bicyclic) bond motifs is 3. The number of nitrogens with one attached hydrogen (secondary N) is 5. The summed E-state index contributed by atoms with van der Waals surface area (Å²) in [6.07, 6.45) is 6.49. The Hall–Kier alpha value is -6.33. The normalized spacial score (nSPS) is 12.6. The van der Waals surface area contributed by atoms with Crippen LogP contribution in [0, 0.1) is 0 Å². The van der Waals surface area contributed by atoms with Crippen molar-refractivity contribution in [3.8, 4) is 5.75 Å². The van der Waals surface area contributed by atoms with Crippen molar-refractivity contribution in [3.63, 3.8) is 0 Å². The molecule has 7 aromatic rings. The molecule has 0 unspecified atom stereocenters. The first-order valence-electron chi connectivity index (χ1n) is 16.4. The van der Waals surface area contributed by atoms with Gasteiger partial charge in [-0.05, 0) is 59.5 Å². The van der Waals surface area contributed by atoms with Crippen molar-refractivity contribution < 1.29 is 24.2 Å². The van der Waals surface area contributed by atoms with Gasteiger partial charge in [-0.15, -0.1) is 0 Å². The Morgan fingerprint density at radius 2 is 1.26 bits per heavy atom. The number of nitrogens with two attached hydrogens (primary N) is 1. The highest BCUT2D eigenvalue weighted by Gasteiger charge is 2.24. The number of carbonyl (C=O) groups is 3. The maximum Gasteiger partial charge on any atom is 0.326 e. The van der Waals surface area contributed by atoms with Gasteiger partial charge >= 0.3 is 5.97 Å². The Bertz CT molecular complexity index is 2340. The van der Waals surface area contributed by atoms with E-state index in [-0.39, 0.29) is 24.3 Å². The van der Waals surface area contributed by atoms with Gasteiger partial charge in [0, 0.05) is 69.7 Å². The number of H-pyrrole nitrogens is 3. The summed E-state index contributed by atoms with van der Waals surface area (Å²) < 4.78 is 6.21. The summed E-state index contributed by atoms with van der Waals surface area (Å²) in [5.41, 5.74) is 12.5. The van der Waals surface area contributed by atoms with E-state index in [9.17, 15) is 19.5 Å². The number of carbonyl (C=O) groups excluding carboxylic acids is 2. The zero-order chi connectivity index (χ0) is 34.6. The highest BCUT2D eigenvalue weighted by Crippen LogP contribution is 2.28. The number of aliphatic carboxylic acids is 1. The molecule has 4 aromatic carbocycles. The van der Waals surface area contributed by atoms with Gasteiger partial charge in [0.05, 0.1) is 18.3 Å². The van der Waals surface area contributed by atoms with Crippen molar-refractivity contribution in [1.82, 2.24) is 20.3 Å². The second-order valence-electron chi connectivity index (χ2n) is 12.3. The highest BCUT2D eigenvalue weighted by molar-refractivity contribution is 6.00. The van der Waals surface area contributed by atoms with Gasteiger partial charge in [0.2, 0.25) is 5.91 Å². The van der Waals surface area contributed by atoms with Crippen LogP contribution in [-0.4, -0.2) is 56.5 Å². The van der Waals surface area contributed by atoms with E-state index in [4.69, 9.17) is 10.5 Å². The lowest BCUT2D eigenvalue weighted by Crippen LogP contribution is -2.42. The van der Waals surface area contributed by atoms with E-state index in [0.29, 0.717) is 18.5 Å². The summed E-state index contributed by atoms with van der Waals surface area (Å²) in [6, 6.07) is 25.9. The first-order chi connectivity index (χ1) is 24.3. The molecule has 3 aromatic heterocycles. The maximum absolute atomic E-state index is 13.5. The van der Waals surface area contributed by atoms with E-state index >= 15 is 0 Å². The van der Waals surface area contributed by atoms with Gasteiger partial charge in [-0.2, -0.15) is 0 Å². The third-order valence-corrected chi connectivity index (χ3v) is 8.96. The summed E-state index contributed by atoms with van der Waals surface area (Å²) in [6.45, 7) is 0.246. The Kier molecular flexibility index (Phi) is 9.04. The standard InChI is InChI=1S/C39H36N6O5/c40-30(17-25-21-42-32-11-5-2-8-28(25)32)38(47)44-34-14-13-23(19-36(34)50-16-15-24-20-41-31-10-4-1-7-27(24)31)37(46)45-35(39(48)49)18-26-22-43-33-12-6-3-9-29(26)33/h1-14,19-22,30,35,41-43H,15-18,40H2,(H,44,47)(H,45,46)(H,48,49)/t30-,35-/m0/s1. The number of carboxylic acids is 1. The fourth-order valence-electron chi connectivity index (χ4n) is 6.31. The number of hydrogen-bond acceptors (Lipinski definition) is 5. The number of carboxylic acid groups (broad SMARTS) is 1. The highest BCUT2D eigenvalue weighted by atomic mass is 16.5. The van der Waals surface area contributed by atoms with Gasteiger partial charge in [-0.1, -0.05) is 54.6 Å². The molecule has 2 amide bonds. The first-order valence-corrected chi connectivity index (χ1v) is 16.4. The Labute approximate surface area is 286 Å². The summed E-state index contributed by atoms with van der Waals surface area (Å²) in [7, 11) is 0. The van der Waals surface area contributed by atoms with Gasteiger partial charge in [-0.25, -0.2) is 4.79 Å². The van der Waals surface area contributed by atoms with E-state index in [1.165, 1.54) is 12.1 Å². The lowest BCUT2D eigenvalue weighted by Gasteiger charge is -2.18. The molecular weight excluding hydrogens is 632 g/mol. The summed E-state index contributed by atoms with van der Waals surface area (Å²) in [5, 5.41) is 18.5. The average Bonchev–Trinajstić information content (AvgIpc) is 3.86. The van der Waals surface area contributed by atoms with Gasteiger partial charge in [0.25, 0.3) is 5.91 Å². The molecule has 11 heteroatoms. The van der Waals surface area contributed by atoms with Crippen LogP contribution in [0.15, 0.2) is 110 Å². The molecule has 3 heterocycles. The molecule has 0 saturated carbocycles. The van der Waals surface area contributed by atoms with Crippen LogP contribution < -0.4 is 21.1 Å². The number of ether oxygens (including phenoxy) is 1. The quantitative estimate of drug-likeness (QED) is 0.0830. The molecule has 0 fully saturated rings. The van der Waals surface area contributed by atoms with E-state index in [0.717, 1.165) is 49.4 Å². The van der Waals surface area contributed by atoms with E-state index in [1.807, 2.05) is 85.2 Å². The first kappa shape index (κ1) is 32.2. The van der Waals surface area contributed by atoms with Crippen LogP contribution in [0.1, 0.15) is 27.0 Å². The zero-order valence-electron chi connectivity index (χ0n) is 27.0. The second-order valence-corrected chi connectivity index (χ2v) is 12.3. The molecular formula is C39H36N6O5. The minimum Gasteiger partial charge on any atom is -0.491 e. The average molecular weight is 669 g/mol. The predicted octanol–water partition coefficient (Wildman–Crippen LogP) is 5.69. The monoisotopic (exact) mass is 668 g/mol. The minimum atomic E-state index is -1.19. The summed E-state index contributed by atoms with van der Waals surface area (Å²) in [5.74, 6) is -1.91. The topological polar surface area (TPSA) is 178 Å². The molecule has 0 bridgehead atoms. The van der Waals surface area contributed by atoms with Crippen LogP contribution in [0.25, 0.3) is 32.7 Å². The second kappa shape index (κ2) is 14.0. The van der Waals surface area contributed by atoms with E-state index < -0.39 is 29.9 Å². The third kappa shape index (κ3) is 6.80. The molecule has 50 heavy (non-hydrogen) atoms. The van der Waals surface area contributed by atoms with Crippen LogP contribution in [0.3, 0.4) is 0 Å². The van der Waals surface area contributed by atoms with Crippen molar-refractivity contribution in [2.75, 3.05) is 11.9 Å². The minimum absolute atomic E-state index is 0.0848.